The first-order valence-electron chi connectivity index (χ1n) is 3.67. The highest BCUT2D eigenvalue weighted by atomic mass is 16.6. The average Bonchev–Trinajstić information content (AvgIpc) is 2.38. The van der Waals surface area contributed by atoms with E-state index in [0.29, 0.717) is 6.73 Å². The molecular weight excluding hydrogens is 144 g/mol. The van der Waals surface area contributed by atoms with Crippen molar-refractivity contribution >= 4 is 5.71 Å². The Balaban J connectivity index is 2.28. The summed E-state index contributed by atoms with van der Waals surface area (Å²) in [7, 11) is 3.28. The third kappa shape index (κ3) is 2.48. The lowest BCUT2D eigenvalue weighted by atomic mass is 10.3. The van der Waals surface area contributed by atoms with Gasteiger partial charge in [-0.2, -0.15) is 0 Å². The largest absolute Gasteiger partial charge is 0.399 e. The lowest BCUT2D eigenvalue weighted by Gasteiger charge is -2.10. The van der Waals surface area contributed by atoms with Crippen molar-refractivity contribution in [2.45, 2.75) is 6.42 Å². The van der Waals surface area contributed by atoms with Gasteiger partial charge in [0.2, 0.25) is 0 Å². The minimum Gasteiger partial charge on any atom is -0.399 e. The molecule has 1 aliphatic rings. The first kappa shape index (κ1) is 8.49. The van der Waals surface area contributed by atoms with Gasteiger partial charge in [0.25, 0.3) is 0 Å². The molecule has 4 nitrogen and oxygen atoms in total. The van der Waals surface area contributed by atoms with Crippen LogP contribution in [-0.2, 0) is 9.57 Å². The topological polar surface area (TPSA) is 34.1 Å². The summed E-state index contributed by atoms with van der Waals surface area (Å²) in [5.41, 5.74) is 1.10. The monoisotopic (exact) mass is 158 g/mol. The van der Waals surface area contributed by atoms with Crippen molar-refractivity contribution in [3.63, 3.8) is 0 Å². The van der Waals surface area contributed by atoms with Crippen LogP contribution in [-0.4, -0.2) is 44.7 Å². The lowest BCUT2D eigenvalue weighted by molar-refractivity contribution is 0.0834. The van der Waals surface area contributed by atoms with E-state index in [0.717, 1.165) is 25.2 Å². The molecule has 0 radical (unpaired) electrons. The van der Waals surface area contributed by atoms with Crippen LogP contribution in [0.2, 0.25) is 0 Å². The van der Waals surface area contributed by atoms with Crippen LogP contribution in [0.4, 0.5) is 0 Å². The van der Waals surface area contributed by atoms with Crippen molar-refractivity contribution in [1.82, 2.24) is 4.90 Å². The van der Waals surface area contributed by atoms with Crippen molar-refractivity contribution in [3.05, 3.63) is 0 Å². The number of oxime groups is 1. The minimum atomic E-state index is 0.683. The van der Waals surface area contributed by atoms with Gasteiger partial charge in [-0.05, 0) is 0 Å². The Bertz CT molecular complexity index is 147. The Morgan fingerprint density at radius 1 is 1.55 bits per heavy atom. The summed E-state index contributed by atoms with van der Waals surface area (Å²) in [6.07, 6.45) is 0.997. The van der Waals surface area contributed by atoms with Crippen LogP contribution in [0.25, 0.3) is 0 Å². The average molecular weight is 158 g/mol. The number of rotatable bonds is 3. The highest BCUT2D eigenvalue weighted by Gasteiger charge is 2.17. The summed E-state index contributed by atoms with van der Waals surface area (Å²) in [5, 5.41) is 3.88. The molecule has 0 aliphatic carbocycles. The molecule has 1 heterocycles. The zero-order valence-corrected chi connectivity index (χ0v) is 7.04. The molecule has 64 valence electrons. The lowest BCUT2D eigenvalue weighted by Crippen LogP contribution is -2.22. The Labute approximate surface area is 66.8 Å². The van der Waals surface area contributed by atoms with Crippen molar-refractivity contribution < 1.29 is 9.57 Å². The Hall–Kier alpha value is -0.610. The number of hydrogen-bond acceptors (Lipinski definition) is 4. The van der Waals surface area contributed by atoms with E-state index in [1.807, 2.05) is 0 Å². The van der Waals surface area contributed by atoms with Gasteiger partial charge >= 0.3 is 0 Å². The van der Waals surface area contributed by atoms with Gasteiger partial charge in [-0.25, -0.2) is 0 Å². The first-order valence-corrected chi connectivity index (χ1v) is 3.67. The molecule has 0 aromatic carbocycles. The SMILES string of the molecule is COCN1CC/C(=N\OC)C1. The molecule has 4 heteroatoms. The summed E-state index contributed by atoms with van der Waals surface area (Å²) in [6.45, 7) is 2.58. The summed E-state index contributed by atoms with van der Waals surface area (Å²) in [5.74, 6) is 0. The molecule has 0 amide bonds. The maximum Gasteiger partial charge on any atom is 0.106 e. The van der Waals surface area contributed by atoms with Crippen LogP contribution < -0.4 is 0 Å². The summed E-state index contributed by atoms with van der Waals surface area (Å²) in [6, 6.07) is 0. The standard InChI is InChI=1S/C7H14N2O2/c1-10-6-9-4-3-7(5-9)8-11-2/h3-6H2,1-2H3/b8-7+. The highest BCUT2D eigenvalue weighted by Crippen LogP contribution is 2.05. The van der Waals surface area contributed by atoms with Crippen molar-refractivity contribution in [2.24, 2.45) is 5.16 Å². The smallest absolute Gasteiger partial charge is 0.106 e. The second-order valence-electron chi connectivity index (χ2n) is 2.56. The van der Waals surface area contributed by atoms with E-state index in [2.05, 4.69) is 14.9 Å². The van der Waals surface area contributed by atoms with Gasteiger partial charge < -0.3 is 9.57 Å². The fourth-order valence-corrected chi connectivity index (χ4v) is 1.20. The number of nitrogens with zero attached hydrogens (tertiary/aromatic N) is 2. The van der Waals surface area contributed by atoms with Crippen LogP contribution in [0.3, 0.4) is 0 Å². The molecule has 1 rings (SSSR count). The van der Waals surface area contributed by atoms with E-state index in [4.69, 9.17) is 4.74 Å². The second-order valence-corrected chi connectivity index (χ2v) is 2.56. The van der Waals surface area contributed by atoms with E-state index in [1.165, 1.54) is 0 Å². The maximum absolute atomic E-state index is 4.98. The normalized spacial score (nSPS) is 22.9. The quantitative estimate of drug-likeness (QED) is 0.554. The predicted octanol–water partition coefficient (Wildman–Crippen LogP) is 0.298. The molecule has 0 unspecified atom stereocenters. The minimum absolute atomic E-state index is 0.683. The molecule has 0 aromatic heterocycles. The predicted molar refractivity (Wildman–Crippen MR) is 42.5 cm³/mol. The fraction of sp³-hybridized carbons (Fsp3) is 0.857. The van der Waals surface area contributed by atoms with Gasteiger partial charge in [0.1, 0.15) is 7.11 Å². The third-order valence-corrected chi connectivity index (χ3v) is 1.65. The van der Waals surface area contributed by atoms with Crippen LogP contribution in [0.15, 0.2) is 5.16 Å². The third-order valence-electron chi connectivity index (χ3n) is 1.65. The maximum atomic E-state index is 4.98. The highest BCUT2D eigenvalue weighted by molar-refractivity contribution is 5.87. The van der Waals surface area contributed by atoms with Crippen LogP contribution in [0, 0.1) is 0 Å². The van der Waals surface area contributed by atoms with Crippen molar-refractivity contribution in [1.29, 1.82) is 0 Å². The Kier molecular flexibility index (Phi) is 3.32. The number of methoxy groups -OCH3 is 1. The van der Waals surface area contributed by atoms with E-state index in [1.54, 1.807) is 14.2 Å². The van der Waals surface area contributed by atoms with Gasteiger partial charge in [0.05, 0.1) is 12.4 Å². The van der Waals surface area contributed by atoms with Crippen LogP contribution in [0.1, 0.15) is 6.42 Å². The molecule has 0 spiro atoms. The van der Waals surface area contributed by atoms with Gasteiger partial charge in [-0.3, -0.25) is 4.90 Å². The van der Waals surface area contributed by atoms with Gasteiger partial charge in [-0.15, -0.1) is 0 Å². The van der Waals surface area contributed by atoms with Crippen LogP contribution >= 0.6 is 0 Å². The van der Waals surface area contributed by atoms with E-state index < -0.39 is 0 Å². The number of likely N-dealkylation sites (tertiary alicyclic amines) is 1. The fourth-order valence-electron chi connectivity index (χ4n) is 1.20. The van der Waals surface area contributed by atoms with Crippen molar-refractivity contribution in [3.8, 4) is 0 Å². The van der Waals surface area contributed by atoms with Crippen LogP contribution in [0.5, 0.6) is 0 Å². The number of ether oxygens (including phenoxy) is 1. The van der Waals surface area contributed by atoms with Crippen molar-refractivity contribution in [2.75, 3.05) is 34.0 Å². The van der Waals surface area contributed by atoms with E-state index in [9.17, 15) is 0 Å². The summed E-state index contributed by atoms with van der Waals surface area (Å²) >= 11 is 0. The molecular formula is C7H14N2O2. The van der Waals surface area contributed by atoms with Gasteiger partial charge in [0, 0.05) is 26.6 Å². The summed E-state index contributed by atoms with van der Waals surface area (Å²) in [4.78, 5) is 6.85. The molecule has 0 saturated carbocycles. The van der Waals surface area contributed by atoms with E-state index >= 15 is 0 Å². The summed E-state index contributed by atoms with van der Waals surface area (Å²) < 4.78 is 4.98. The molecule has 0 atom stereocenters. The zero-order valence-electron chi connectivity index (χ0n) is 7.04. The zero-order chi connectivity index (χ0) is 8.10. The molecule has 1 saturated heterocycles. The first-order chi connectivity index (χ1) is 5.36. The molecule has 0 bridgehead atoms. The van der Waals surface area contributed by atoms with Gasteiger partial charge in [0.15, 0.2) is 0 Å². The Morgan fingerprint density at radius 2 is 2.36 bits per heavy atom. The second kappa shape index (κ2) is 4.31. The van der Waals surface area contributed by atoms with Gasteiger partial charge in [-0.1, -0.05) is 5.16 Å². The molecule has 0 N–H and O–H groups in total. The molecule has 0 aromatic rings. The molecule has 11 heavy (non-hydrogen) atoms. The molecule has 1 aliphatic heterocycles. The Morgan fingerprint density at radius 3 is 3.00 bits per heavy atom. The van der Waals surface area contributed by atoms with E-state index in [-0.39, 0.29) is 0 Å². The molecule has 1 fully saturated rings. The number of hydrogen-bond donors (Lipinski definition) is 0.